The normalized spacial score (nSPS) is 12.8. The summed E-state index contributed by atoms with van der Waals surface area (Å²) < 4.78 is 18.7. The van der Waals surface area contributed by atoms with Gasteiger partial charge in [0.25, 0.3) is 0 Å². The summed E-state index contributed by atoms with van der Waals surface area (Å²) in [6, 6.07) is 12.4. The van der Waals surface area contributed by atoms with Crippen molar-refractivity contribution in [2.45, 2.75) is 6.61 Å². The summed E-state index contributed by atoms with van der Waals surface area (Å²) in [6.45, 7) is 0.386. The zero-order chi connectivity index (χ0) is 11.0. The number of rotatable bonds is 0. The second-order valence-corrected chi connectivity index (χ2v) is 3.71. The summed E-state index contributed by atoms with van der Waals surface area (Å²) in [6.07, 6.45) is 0. The Morgan fingerprint density at radius 2 is 1.94 bits per heavy atom. The molecular formula is C13H10FNO. The molecule has 0 saturated heterocycles. The molecule has 0 amide bonds. The lowest BCUT2D eigenvalue weighted by Crippen LogP contribution is -1.95. The summed E-state index contributed by atoms with van der Waals surface area (Å²) in [5.41, 5.74) is 2.63. The highest BCUT2D eigenvalue weighted by Crippen LogP contribution is 2.33. The second kappa shape index (κ2) is 3.52. The van der Waals surface area contributed by atoms with Gasteiger partial charge in [0.05, 0.1) is 5.69 Å². The van der Waals surface area contributed by atoms with Gasteiger partial charge < -0.3 is 10.1 Å². The van der Waals surface area contributed by atoms with Crippen LogP contribution in [0, 0.1) is 5.82 Å². The van der Waals surface area contributed by atoms with Crippen molar-refractivity contribution in [3.63, 3.8) is 0 Å². The standard InChI is InChI=1S/C13H10FNO/c14-10-5-6-11-9(7-10)8-16-13-4-2-1-3-12(13)15-11/h1-7,15H,8H2. The van der Waals surface area contributed by atoms with Crippen molar-refractivity contribution in [2.24, 2.45) is 0 Å². The molecule has 0 aliphatic carbocycles. The molecule has 1 N–H and O–H groups in total. The van der Waals surface area contributed by atoms with Gasteiger partial charge in [-0.2, -0.15) is 0 Å². The zero-order valence-electron chi connectivity index (χ0n) is 8.53. The number of anilines is 2. The molecule has 2 aromatic rings. The third-order valence-electron chi connectivity index (χ3n) is 2.61. The van der Waals surface area contributed by atoms with Crippen LogP contribution in [-0.2, 0) is 6.61 Å². The van der Waals surface area contributed by atoms with E-state index in [0.29, 0.717) is 6.61 Å². The largest absolute Gasteiger partial charge is 0.487 e. The fourth-order valence-corrected chi connectivity index (χ4v) is 1.80. The van der Waals surface area contributed by atoms with Gasteiger partial charge in [-0.3, -0.25) is 0 Å². The van der Waals surface area contributed by atoms with Crippen molar-refractivity contribution in [1.29, 1.82) is 0 Å². The fraction of sp³-hybridized carbons (Fsp3) is 0.0769. The highest BCUT2D eigenvalue weighted by molar-refractivity contribution is 5.69. The number of para-hydroxylation sites is 2. The van der Waals surface area contributed by atoms with Crippen molar-refractivity contribution < 1.29 is 9.13 Å². The number of nitrogens with one attached hydrogen (secondary N) is 1. The van der Waals surface area contributed by atoms with Crippen LogP contribution in [0.25, 0.3) is 0 Å². The number of fused-ring (bicyclic) bond motifs is 2. The van der Waals surface area contributed by atoms with Gasteiger partial charge in [-0.25, -0.2) is 4.39 Å². The maximum atomic E-state index is 13.1. The Labute approximate surface area is 92.7 Å². The Morgan fingerprint density at radius 3 is 2.88 bits per heavy atom. The average molecular weight is 215 g/mol. The summed E-state index contributed by atoms with van der Waals surface area (Å²) in [7, 11) is 0. The van der Waals surface area contributed by atoms with E-state index in [-0.39, 0.29) is 5.82 Å². The van der Waals surface area contributed by atoms with Crippen LogP contribution in [0.5, 0.6) is 5.75 Å². The predicted octanol–water partition coefficient (Wildman–Crippen LogP) is 3.46. The van der Waals surface area contributed by atoms with Gasteiger partial charge in [0.15, 0.2) is 0 Å². The lowest BCUT2D eigenvalue weighted by Gasteiger charge is -2.07. The minimum atomic E-state index is -0.241. The molecule has 3 heteroatoms. The first-order valence-electron chi connectivity index (χ1n) is 5.10. The highest BCUT2D eigenvalue weighted by atomic mass is 19.1. The molecule has 16 heavy (non-hydrogen) atoms. The van der Waals surface area contributed by atoms with Crippen LogP contribution in [-0.4, -0.2) is 0 Å². The van der Waals surface area contributed by atoms with E-state index in [1.165, 1.54) is 12.1 Å². The molecule has 1 heterocycles. The fourth-order valence-electron chi connectivity index (χ4n) is 1.80. The van der Waals surface area contributed by atoms with Gasteiger partial charge in [-0.05, 0) is 30.3 Å². The molecule has 0 saturated carbocycles. The molecule has 1 aliphatic heterocycles. The van der Waals surface area contributed by atoms with E-state index < -0.39 is 0 Å². The molecule has 0 radical (unpaired) electrons. The molecule has 2 nitrogen and oxygen atoms in total. The van der Waals surface area contributed by atoms with Gasteiger partial charge in [-0.15, -0.1) is 0 Å². The van der Waals surface area contributed by atoms with Crippen LogP contribution in [0.4, 0.5) is 15.8 Å². The van der Waals surface area contributed by atoms with E-state index in [2.05, 4.69) is 5.32 Å². The summed E-state index contributed by atoms with van der Waals surface area (Å²) in [5.74, 6) is 0.550. The smallest absolute Gasteiger partial charge is 0.143 e. The van der Waals surface area contributed by atoms with Crippen LogP contribution in [0.15, 0.2) is 42.5 Å². The lowest BCUT2D eigenvalue weighted by molar-refractivity contribution is 0.310. The molecule has 3 rings (SSSR count). The van der Waals surface area contributed by atoms with Crippen LogP contribution < -0.4 is 10.1 Å². The number of halogens is 1. The molecule has 0 spiro atoms. The first kappa shape index (κ1) is 9.21. The maximum absolute atomic E-state index is 13.1. The van der Waals surface area contributed by atoms with Crippen molar-refractivity contribution >= 4 is 11.4 Å². The van der Waals surface area contributed by atoms with Crippen LogP contribution in [0.3, 0.4) is 0 Å². The number of hydrogen-bond acceptors (Lipinski definition) is 2. The van der Waals surface area contributed by atoms with Gasteiger partial charge in [-0.1, -0.05) is 12.1 Å². The molecule has 2 aromatic carbocycles. The van der Waals surface area contributed by atoms with Gasteiger partial charge >= 0.3 is 0 Å². The van der Waals surface area contributed by atoms with Crippen molar-refractivity contribution in [1.82, 2.24) is 0 Å². The Kier molecular flexibility index (Phi) is 2.03. The van der Waals surface area contributed by atoms with Gasteiger partial charge in [0, 0.05) is 11.3 Å². The van der Waals surface area contributed by atoms with E-state index in [1.54, 1.807) is 6.07 Å². The van der Waals surface area contributed by atoms with Crippen LogP contribution >= 0.6 is 0 Å². The van der Waals surface area contributed by atoms with Crippen LogP contribution in [0.1, 0.15) is 5.56 Å². The number of ether oxygens (including phenoxy) is 1. The average Bonchev–Trinajstić information content (AvgIpc) is 2.48. The Morgan fingerprint density at radius 1 is 1.06 bits per heavy atom. The molecule has 1 aliphatic rings. The molecule has 0 fully saturated rings. The predicted molar refractivity (Wildman–Crippen MR) is 60.5 cm³/mol. The third kappa shape index (κ3) is 1.50. The van der Waals surface area contributed by atoms with Crippen molar-refractivity contribution in [2.75, 3.05) is 5.32 Å². The van der Waals surface area contributed by atoms with E-state index in [1.807, 2.05) is 24.3 Å². The molecule has 0 aromatic heterocycles. The monoisotopic (exact) mass is 215 g/mol. The first-order valence-corrected chi connectivity index (χ1v) is 5.10. The highest BCUT2D eigenvalue weighted by Gasteiger charge is 2.13. The quantitative estimate of drug-likeness (QED) is 0.726. The topological polar surface area (TPSA) is 21.3 Å². The molecule has 0 unspecified atom stereocenters. The van der Waals surface area contributed by atoms with Gasteiger partial charge in [0.1, 0.15) is 18.2 Å². The Balaban J connectivity index is 2.08. The van der Waals surface area contributed by atoms with E-state index in [4.69, 9.17) is 4.74 Å². The summed E-state index contributed by atoms with van der Waals surface area (Å²) in [5, 5.41) is 3.24. The van der Waals surface area contributed by atoms with E-state index in [9.17, 15) is 4.39 Å². The van der Waals surface area contributed by atoms with E-state index >= 15 is 0 Å². The van der Waals surface area contributed by atoms with Crippen molar-refractivity contribution in [3.8, 4) is 5.75 Å². The van der Waals surface area contributed by atoms with Gasteiger partial charge in [0.2, 0.25) is 0 Å². The van der Waals surface area contributed by atoms with Crippen LogP contribution in [0.2, 0.25) is 0 Å². The Bertz CT molecular complexity index is 539. The zero-order valence-corrected chi connectivity index (χ0v) is 8.53. The molecule has 0 bridgehead atoms. The number of hydrogen-bond donors (Lipinski definition) is 1. The number of benzene rings is 2. The molecular weight excluding hydrogens is 205 g/mol. The minimum absolute atomic E-state index is 0.241. The SMILES string of the molecule is Fc1ccc2c(c1)COc1ccccc1N2. The minimum Gasteiger partial charge on any atom is -0.487 e. The molecule has 0 atom stereocenters. The van der Waals surface area contributed by atoms with E-state index in [0.717, 1.165) is 22.7 Å². The second-order valence-electron chi connectivity index (χ2n) is 3.71. The third-order valence-corrected chi connectivity index (χ3v) is 2.61. The summed E-state index contributed by atoms with van der Waals surface area (Å²) in [4.78, 5) is 0. The first-order chi connectivity index (χ1) is 7.83. The molecule has 80 valence electrons. The maximum Gasteiger partial charge on any atom is 0.143 e. The Hall–Kier alpha value is -2.03. The lowest BCUT2D eigenvalue weighted by atomic mass is 10.2. The summed E-state index contributed by atoms with van der Waals surface area (Å²) >= 11 is 0. The van der Waals surface area contributed by atoms with Crippen molar-refractivity contribution in [3.05, 3.63) is 53.8 Å².